The number of benzene rings is 2. The summed E-state index contributed by atoms with van der Waals surface area (Å²) in [5.74, 6) is -0.0252. The Hall–Kier alpha value is -3.92. The molecular weight excluding hydrogens is 463 g/mol. The summed E-state index contributed by atoms with van der Waals surface area (Å²) in [6.07, 6.45) is -1.05. The van der Waals surface area contributed by atoms with Crippen LogP contribution in [0.15, 0.2) is 70.1 Å². The molecule has 1 aliphatic rings. The minimum absolute atomic E-state index is 0.101. The predicted octanol–water partition coefficient (Wildman–Crippen LogP) is 4.61. The molecule has 35 heavy (non-hydrogen) atoms. The van der Waals surface area contributed by atoms with E-state index in [-0.39, 0.29) is 35.0 Å². The second-order valence-corrected chi connectivity index (χ2v) is 8.55. The average Bonchev–Trinajstić information content (AvgIpc) is 3.49. The SMILES string of the molecule is O=c1[nH]cc(-c2nc(-c3ccc(OC(F)(F)F)cc3)no2)cc1Cc1cccc(C2(CO)CC2)c1. The lowest BCUT2D eigenvalue weighted by Gasteiger charge is -2.13. The van der Waals surface area contributed by atoms with Crippen LogP contribution in [0.1, 0.15) is 29.5 Å². The molecule has 1 aliphatic carbocycles. The van der Waals surface area contributed by atoms with Crippen molar-refractivity contribution in [2.45, 2.75) is 31.0 Å². The Kier molecular flexibility index (Phi) is 5.68. The van der Waals surface area contributed by atoms with Crippen molar-refractivity contribution >= 4 is 0 Å². The van der Waals surface area contributed by atoms with E-state index in [1.807, 2.05) is 24.3 Å². The fraction of sp³-hybridized carbons (Fsp3) is 0.240. The van der Waals surface area contributed by atoms with E-state index in [9.17, 15) is 23.1 Å². The van der Waals surface area contributed by atoms with Gasteiger partial charge >= 0.3 is 6.36 Å². The Morgan fingerprint density at radius 1 is 1.09 bits per heavy atom. The zero-order valence-electron chi connectivity index (χ0n) is 18.3. The van der Waals surface area contributed by atoms with Crippen LogP contribution >= 0.6 is 0 Å². The Morgan fingerprint density at radius 3 is 2.54 bits per heavy atom. The summed E-state index contributed by atoms with van der Waals surface area (Å²) >= 11 is 0. The summed E-state index contributed by atoms with van der Waals surface area (Å²) in [7, 11) is 0. The number of aromatic amines is 1. The Balaban J connectivity index is 1.36. The van der Waals surface area contributed by atoms with Crippen LogP contribution in [0.25, 0.3) is 22.8 Å². The van der Waals surface area contributed by atoms with Crippen LogP contribution in [0, 0.1) is 0 Å². The highest BCUT2D eigenvalue weighted by Gasteiger charge is 2.43. The first-order valence-corrected chi connectivity index (χ1v) is 10.9. The molecule has 0 bridgehead atoms. The molecule has 0 amide bonds. The number of H-pyrrole nitrogens is 1. The Morgan fingerprint density at radius 2 is 1.86 bits per heavy atom. The van der Waals surface area contributed by atoms with Crippen molar-refractivity contribution in [1.29, 1.82) is 0 Å². The van der Waals surface area contributed by atoms with E-state index in [2.05, 4.69) is 19.9 Å². The number of halogens is 3. The van der Waals surface area contributed by atoms with Crippen molar-refractivity contribution in [3.63, 3.8) is 0 Å². The molecule has 0 radical (unpaired) electrons. The normalized spacial score (nSPS) is 14.6. The van der Waals surface area contributed by atoms with Crippen molar-refractivity contribution in [1.82, 2.24) is 15.1 Å². The van der Waals surface area contributed by atoms with Crippen molar-refractivity contribution in [2.24, 2.45) is 0 Å². The highest BCUT2D eigenvalue weighted by molar-refractivity contribution is 5.60. The van der Waals surface area contributed by atoms with E-state index in [0.717, 1.165) is 36.1 Å². The summed E-state index contributed by atoms with van der Waals surface area (Å²) in [5.41, 5.74) is 3.04. The van der Waals surface area contributed by atoms with Crippen LogP contribution in [0.2, 0.25) is 0 Å². The second kappa shape index (κ2) is 8.70. The van der Waals surface area contributed by atoms with Gasteiger partial charge in [-0.2, -0.15) is 4.98 Å². The monoisotopic (exact) mass is 483 g/mol. The number of nitrogens with zero attached hydrogens (tertiary/aromatic N) is 2. The summed E-state index contributed by atoms with van der Waals surface area (Å²) in [5, 5.41) is 13.6. The van der Waals surface area contributed by atoms with Gasteiger partial charge in [-0.05, 0) is 54.3 Å². The van der Waals surface area contributed by atoms with E-state index in [4.69, 9.17) is 4.52 Å². The predicted molar refractivity (Wildman–Crippen MR) is 120 cm³/mol. The molecule has 0 unspecified atom stereocenters. The highest BCUT2D eigenvalue weighted by Crippen LogP contribution is 2.47. The van der Waals surface area contributed by atoms with Gasteiger partial charge in [0.1, 0.15) is 5.75 Å². The van der Waals surface area contributed by atoms with E-state index >= 15 is 0 Å². The minimum Gasteiger partial charge on any atom is -0.406 e. The topological polar surface area (TPSA) is 101 Å². The number of aromatic nitrogens is 3. The lowest BCUT2D eigenvalue weighted by molar-refractivity contribution is -0.274. The minimum atomic E-state index is -4.78. The summed E-state index contributed by atoms with van der Waals surface area (Å²) < 4.78 is 46.2. The van der Waals surface area contributed by atoms with Gasteiger partial charge in [0.25, 0.3) is 11.4 Å². The van der Waals surface area contributed by atoms with Gasteiger partial charge in [-0.15, -0.1) is 13.2 Å². The summed E-state index contributed by atoms with van der Waals surface area (Å²) in [4.78, 5) is 19.5. The molecule has 1 fully saturated rings. The number of hydrogen-bond acceptors (Lipinski definition) is 6. The zero-order chi connectivity index (χ0) is 24.6. The van der Waals surface area contributed by atoms with Gasteiger partial charge in [0.05, 0.1) is 12.2 Å². The van der Waals surface area contributed by atoms with Gasteiger partial charge in [-0.1, -0.05) is 29.4 Å². The Labute approximate surface area is 197 Å². The standard InChI is InChI=1S/C25H20F3N3O4/c26-25(27,28)34-20-6-4-16(5-7-20)21-30-23(35-31-21)18-12-17(22(33)29-13-18)10-15-2-1-3-19(11-15)24(14-32)8-9-24/h1-7,11-13,32H,8-10,14H2,(H,29,33). The molecule has 7 nitrogen and oxygen atoms in total. The largest absolute Gasteiger partial charge is 0.573 e. The van der Waals surface area contributed by atoms with Crippen LogP contribution in [-0.2, 0) is 11.8 Å². The molecule has 0 spiro atoms. The second-order valence-electron chi connectivity index (χ2n) is 8.55. The van der Waals surface area contributed by atoms with Crippen LogP contribution < -0.4 is 10.3 Å². The van der Waals surface area contributed by atoms with E-state index in [0.29, 0.717) is 23.1 Å². The number of ether oxygens (including phenoxy) is 1. The molecule has 1 saturated carbocycles. The molecule has 0 saturated heterocycles. The maximum atomic E-state index is 12.5. The maximum Gasteiger partial charge on any atom is 0.573 e. The third-order valence-electron chi connectivity index (χ3n) is 6.09. The molecule has 180 valence electrons. The Bertz CT molecular complexity index is 1410. The van der Waals surface area contributed by atoms with Crippen molar-refractivity contribution in [3.8, 4) is 28.6 Å². The van der Waals surface area contributed by atoms with E-state index in [1.165, 1.54) is 18.3 Å². The lowest BCUT2D eigenvalue weighted by Crippen LogP contribution is -2.16. The number of pyridine rings is 1. The number of nitrogens with one attached hydrogen (secondary N) is 1. The van der Waals surface area contributed by atoms with Gasteiger partial charge in [0.15, 0.2) is 0 Å². The number of hydrogen-bond donors (Lipinski definition) is 2. The highest BCUT2D eigenvalue weighted by atomic mass is 19.4. The lowest BCUT2D eigenvalue weighted by atomic mass is 9.93. The molecule has 4 aromatic rings. The van der Waals surface area contributed by atoms with Gasteiger partial charge in [-0.3, -0.25) is 4.79 Å². The van der Waals surface area contributed by atoms with Crippen LogP contribution in [-0.4, -0.2) is 33.2 Å². The molecule has 2 aromatic carbocycles. The third-order valence-corrected chi connectivity index (χ3v) is 6.09. The average molecular weight is 483 g/mol. The zero-order valence-corrected chi connectivity index (χ0v) is 18.3. The quantitative estimate of drug-likeness (QED) is 0.398. The van der Waals surface area contributed by atoms with Crippen LogP contribution in [0.5, 0.6) is 5.75 Å². The fourth-order valence-electron chi connectivity index (χ4n) is 3.97. The maximum absolute atomic E-state index is 12.5. The molecule has 2 aromatic heterocycles. The number of alkyl halides is 3. The molecule has 0 atom stereocenters. The first-order chi connectivity index (χ1) is 16.7. The number of aliphatic hydroxyl groups excluding tert-OH is 1. The van der Waals surface area contributed by atoms with Crippen LogP contribution in [0.3, 0.4) is 0 Å². The van der Waals surface area contributed by atoms with Gasteiger partial charge in [0.2, 0.25) is 5.82 Å². The number of aliphatic hydroxyl groups is 1. The molecule has 10 heteroatoms. The number of rotatable bonds is 7. The third kappa shape index (κ3) is 4.97. The smallest absolute Gasteiger partial charge is 0.406 e. The van der Waals surface area contributed by atoms with Crippen LogP contribution in [0.4, 0.5) is 13.2 Å². The first kappa shape index (κ1) is 22.9. The molecule has 5 rings (SSSR count). The van der Waals surface area contributed by atoms with Crippen molar-refractivity contribution < 1.29 is 27.5 Å². The molecule has 0 aliphatic heterocycles. The summed E-state index contributed by atoms with van der Waals surface area (Å²) in [6.45, 7) is 0.101. The molecular formula is C25H20F3N3O4. The van der Waals surface area contributed by atoms with Gasteiger partial charge in [-0.25, -0.2) is 0 Å². The molecule has 2 N–H and O–H groups in total. The molecule has 2 heterocycles. The fourth-order valence-corrected chi connectivity index (χ4v) is 3.97. The van der Waals surface area contributed by atoms with Crippen molar-refractivity contribution in [3.05, 3.63) is 87.8 Å². The van der Waals surface area contributed by atoms with E-state index < -0.39 is 6.36 Å². The van der Waals surface area contributed by atoms with E-state index in [1.54, 1.807) is 6.07 Å². The van der Waals surface area contributed by atoms with Crippen molar-refractivity contribution in [2.75, 3.05) is 6.61 Å². The first-order valence-electron chi connectivity index (χ1n) is 10.9. The summed E-state index contributed by atoms with van der Waals surface area (Å²) in [6, 6.07) is 14.6. The van der Waals surface area contributed by atoms with Gasteiger partial charge in [0, 0.05) is 29.2 Å². The van der Waals surface area contributed by atoms with Gasteiger partial charge < -0.3 is 19.4 Å².